The van der Waals surface area contributed by atoms with Gasteiger partial charge in [0.15, 0.2) is 5.82 Å². The highest BCUT2D eigenvalue weighted by atomic mass is 16.5. The standard InChI is InChI=1S/C10H12N2O.C7H12N2O/c1-2-7-11-9-3-5-10(6-4-9)12-8-13;1-7(2,3)5-4-6(8)9-10-5/h2-6,8,11H,1,7H2,(H,12,13);4H,1-3H3,(H2,8,9). The number of anilines is 3. The normalized spacial score (nSPS) is 10.2. The van der Waals surface area contributed by atoms with Crippen molar-refractivity contribution in [2.24, 2.45) is 0 Å². The zero-order valence-electron chi connectivity index (χ0n) is 13.8. The Hall–Kier alpha value is -2.76. The molecule has 1 heterocycles. The Morgan fingerprint density at radius 2 is 1.87 bits per heavy atom. The van der Waals surface area contributed by atoms with Crippen LogP contribution in [0.3, 0.4) is 0 Å². The van der Waals surface area contributed by atoms with Gasteiger partial charge >= 0.3 is 0 Å². The van der Waals surface area contributed by atoms with Crippen LogP contribution in [0.15, 0.2) is 47.5 Å². The molecule has 0 bridgehead atoms. The van der Waals surface area contributed by atoms with E-state index in [1.165, 1.54) is 0 Å². The average molecular weight is 316 g/mol. The number of carbonyl (C=O) groups is 1. The SMILES string of the molecule is C=CCNc1ccc(NC=O)cc1.CC(C)(C)c1cc(N)no1. The number of nitrogens with two attached hydrogens (primary N) is 1. The Bertz CT molecular complexity index is 612. The highest BCUT2D eigenvalue weighted by molar-refractivity contribution is 5.72. The van der Waals surface area contributed by atoms with Gasteiger partial charge in [0.25, 0.3) is 0 Å². The summed E-state index contributed by atoms with van der Waals surface area (Å²) < 4.78 is 4.95. The summed E-state index contributed by atoms with van der Waals surface area (Å²) in [6.07, 6.45) is 2.45. The molecule has 4 N–H and O–H groups in total. The lowest BCUT2D eigenvalue weighted by molar-refractivity contribution is -0.105. The number of nitrogen functional groups attached to an aromatic ring is 1. The van der Waals surface area contributed by atoms with Crippen LogP contribution in [0, 0.1) is 0 Å². The first-order valence-corrected chi connectivity index (χ1v) is 7.24. The van der Waals surface area contributed by atoms with Crippen LogP contribution in [0.2, 0.25) is 0 Å². The van der Waals surface area contributed by atoms with Crippen LogP contribution >= 0.6 is 0 Å². The van der Waals surface area contributed by atoms with E-state index < -0.39 is 0 Å². The summed E-state index contributed by atoms with van der Waals surface area (Å²) in [5.41, 5.74) is 7.18. The second kappa shape index (κ2) is 8.63. The largest absolute Gasteiger partial charge is 0.382 e. The summed E-state index contributed by atoms with van der Waals surface area (Å²) in [7, 11) is 0. The van der Waals surface area contributed by atoms with E-state index in [4.69, 9.17) is 10.3 Å². The summed E-state index contributed by atoms with van der Waals surface area (Å²) in [5, 5.41) is 9.28. The van der Waals surface area contributed by atoms with E-state index in [0.717, 1.165) is 23.7 Å². The molecule has 1 aromatic heterocycles. The zero-order chi connectivity index (χ0) is 17.3. The number of nitrogens with zero attached hydrogens (tertiary/aromatic N) is 1. The topological polar surface area (TPSA) is 93.2 Å². The Kier molecular flexibility index (Phi) is 6.86. The van der Waals surface area contributed by atoms with Crippen LogP contribution in [-0.2, 0) is 10.2 Å². The molecule has 0 saturated heterocycles. The van der Waals surface area contributed by atoms with Gasteiger partial charge in [-0.05, 0) is 24.3 Å². The van der Waals surface area contributed by atoms with Gasteiger partial charge in [0.2, 0.25) is 6.41 Å². The molecule has 2 rings (SSSR count). The number of rotatable bonds is 5. The Morgan fingerprint density at radius 3 is 2.26 bits per heavy atom. The molecular weight excluding hydrogens is 292 g/mol. The molecule has 0 aliphatic heterocycles. The van der Waals surface area contributed by atoms with Crippen molar-refractivity contribution < 1.29 is 9.32 Å². The van der Waals surface area contributed by atoms with Crippen molar-refractivity contribution in [1.82, 2.24) is 5.16 Å². The van der Waals surface area contributed by atoms with Crippen molar-refractivity contribution in [1.29, 1.82) is 0 Å². The zero-order valence-corrected chi connectivity index (χ0v) is 13.8. The number of amides is 1. The second-order valence-electron chi connectivity index (χ2n) is 5.88. The van der Waals surface area contributed by atoms with Crippen molar-refractivity contribution in [2.45, 2.75) is 26.2 Å². The van der Waals surface area contributed by atoms with Crippen molar-refractivity contribution in [2.75, 3.05) is 22.9 Å². The number of aromatic nitrogens is 1. The quantitative estimate of drug-likeness (QED) is 0.580. The number of hydrogen-bond donors (Lipinski definition) is 3. The minimum Gasteiger partial charge on any atom is -0.382 e. The molecule has 6 nitrogen and oxygen atoms in total. The van der Waals surface area contributed by atoms with Crippen LogP contribution in [0.25, 0.3) is 0 Å². The van der Waals surface area contributed by atoms with Crippen molar-refractivity contribution >= 4 is 23.6 Å². The van der Waals surface area contributed by atoms with E-state index in [1.54, 1.807) is 12.1 Å². The van der Waals surface area contributed by atoms with E-state index in [1.807, 2.05) is 45.0 Å². The van der Waals surface area contributed by atoms with Crippen molar-refractivity contribution in [3.05, 3.63) is 48.7 Å². The average Bonchev–Trinajstić information content (AvgIpc) is 2.94. The summed E-state index contributed by atoms with van der Waals surface area (Å²) in [6.45, 7) is 10.5. The molecule has 1 amide bonds. The molecule has 124 valence electrons. The highest BCUT2D eigenvalue weighted by Crippen LogP contribution is 2.22. The molecule has 1 aromatic carbocycles. The smallest absolute Gasteiger partial charge is 0.211 e. The first-order chi connectivity index (χ1) is 10.9. The van der Waals surface area contributed by atoms with Crippen LogP contribution < -0.4 is 16.4 Å². The van der Waals surface area contributed by atoms with Crippen LogP contribution in [-0.4, -0.2) is 18.1 Å². The van der Waals surface area contributed by atoms with E-state index in [9.17, 15) is 4.79 Å². The van der Waals surface area contributed by atoms with E-state index >= 15 is 0 Å². The first-order valence-electron chi connectivity index (χ1n) is 7.24. The van der Waals surface area contributed by atoms with Crippen LogP contribution in [0.4, 0.5) is 17.2 Å². The van der Waals surface area contributed by atoms with Crippen molar-refractivity contribution in [3.8, 4) is 0 Å². The van der Waals surface area contributed by atoms with Gasteiger partial charge in [-0.25, -0.2) is 0 Å². The van der Waals surface area contributed by atoms with Crippen LogP contribution in [0.1, 0.15) is 26.5 Å². The minimum absolute atomic E-state index is 0.00458. The predicted octanol–water partition coefficient (Wildman–Crippen LogP) is 3.41. The van der Waals surface area contributed by atoms with Crippen LogP contribution in [0.5, 0.6) is 0 Å². The lowest BCUT2D eigenvalue weighted by Crippen LogP contribution is -2.09. The molecule has 0 saturated carbocycles. The van der Waals surface area contributed by atoms with E-state index in [0.29, 0.717) is 12.2 Å². The third kappa shape index (κ3) is 6.69. The number of benzene rings is 1. The highest BCUT2D eigenvalue weighted by Gasteiger charge is 2.18. The van der Waals surface area contributed by atoms with Crippen molar-refractivity contribution in [3.63, 3.8) is 0 Å². The van der Waals surface area contributed by atoms with Gasteiger partial charge in [-0.3, -0.25) is 4.79 Å². The van der Waals surface area contributed by atoms with Gasteiger partial charge in [-0.1, -0.05) is 32.0 Å². The molecule has 0 atom stereocenters. The Labute approximate surface area is 136 Å². The lowest BCUT2D eigenvalue weighted by atomic mass is 9.93. The first kappa shape index (κ1) is 18.3. The third-order valence-electron chi connectivity index (χ3n) is 2.83. The summed E-state index contributed by atoms with van der Waals surface area (Å²) in [5.74, 6) is 1.27. The second-order valence-corrected chi connectivity index (χ2v) is 5.88. The number of nitrogens with one attached hydrogen (secondary N) is 2. The van der Waals surface area contributed by atoms with Gasteiger partial charge in [0.05, 0.1) is 0 Å². The predicted molar refractivity (Wildman–Crippen MR) is 94.4 cm³/mol. The lowest BCUT2D eigenvalue weighted by Gasteiger charge is -2.11. The van der Waals surface area contributed by atoms with E-state index in [-0.39, 0.29) is 5.41 Å². The maximum absolute atomic E-state index is 10.1. The van der Waals surface area contributed by atoms with Gasteiger partial charge in [-0.2, -0.15) is 0 Å². The molecular formula is C17H24N4O2. The van der Waals surface area contributed by atoms with Gasteiger partial charge in [0.1, 0.15) is 5.76 Å². The molecule has 23 heavy (non-hydrogen) atoms. The molecule has 0 aliphatic rings. The molecule has 0 fully saturated rings. The third-order valence-corrected chi connectivity index (χ3v) is 2.83. The fraction of sp³-hybridized carbons (Fsp3) is 0.294. The van der Waals surface area contributed by atoms with Gasteiger partial charge in [-0.15, -0.1) is 6.58 Å². The minimum atomic E-state index is 0.00458. The molecule has 6 heteroatoms. The summed E-state index contributed by atoms with van der Waals surface area (Å²) in [4.78, 5) is 10.1. The monoisotopic (exact) mass is 316 g/mol. The fourth-order valence-electron chi connectivity index (χ4n) is 1.58. The summed E-state index contributed by atoms with van der Waals surface area (Å²) >= 11 is 0. The Morgan fingerprint density at radius 1 is 1.26 bits per heavy atom. The molecule has 0 spiro atoms. The fourth-order valence-corrected chi connectivity index (χ4v) is 1.58. The van der Waals surface area contributed by atoms with Gasteiger partial charge in [0, 0.05) is 29.4 Å². The maximum Gasteiger partial charge on any atom is 0.211 e. The summed E-state index contributed by atoms with van der Waals surface area (Å²) in [6, 6.07) is 9.21. The number of hydrogen-bond acceptors (Lipinski definition) is 5. The molecule has 0 radical (unpaired) electrons. The molecule has 2 aromatic rings. The molecule has 0 unspecified atom stereocenters. The van der Waals surface area contributed by atoms with E-state index in [2.05, 4.69) is 22.4 Å². The molecule has 0 aliphatic carbocycles. The number of carbonyl (C=O) groups excluding carboxylic acids is 1. The Balaban J connectivity index is 0.000000238. The maximum atomic E-state index is 10.1. The van der Waals surface area contributed by atoms with Gasteiger partial charge < -0.3 is 20.9 Å².